The van der Waals surface area contributed by atoms with E-state index in [1.807, 2.05) is 0 Å². The zero-order valence-corrected chi connectivity index (χ0v) is 70.4. The van der Waals surface area contributed by atoms with Crippen molar-refractivity contribution in [3.63, 3.8) is 0 Å². The topological polar surface area (TPSA) is 6.48 Å². The fourth-order valence-electron chi connectivity index (χ4n) is 21.8. The molecule has 0 unspecified atom stereocenters. The van der Waals surface area contributed by atoms with Crippen LogP contribution >= 0.6 is 0 Å². The second kappa shape index (κ2) is 31.4. The van der Waals surface area contributed by atoms with Gasteiger partial charge in [-0.05, 0) is 210 Å². The molecule has 2 heteroatoms. The minimum Gasteiger partial charge on any atom is -0.309 e. The van der Waals surface area contributed by atoms with Gasteiger partial charge < -0.3 is 9.80 Å². The van der Waals surface area contributed by atoms with E-state index in [1.165, 1.54) is 122 Å². The molecule has 598 valence electrons. The number of anilines is 6. The number of fused-ring (bicyclic) bond motifs is 12. The summed E-state index contributed by atoms with van der Waals surface area (Å²) < 4.78 is 0. The molecule has 0 fully saturated rings. The Bertz CT molecular complexity index is 7750. The number of para-hydroxylation sites is 1. The van der Waals surface area contributed by atoms with Gasteiger partial charge in [0.25, 0.3) is 0 Å². The molecule has 1 heterocycles. The third kappa shape index (κ3) is 12.1. The van der Waals surface area contributed by atoms with Gasteiger partial charge in [0.05, 0.1) is 39.3 Å². The molecule has 2 aliphatic carbocycles. The van der Waals surface area contributed by atoms with E-state index in [2.05, 4.69) is 519 Å². The number of rotatable bonds is 16. The van der Waals surface area contributed by atoms with Crippen molar-refractivity contribution in [1.82, 2.24) is 0 Å². The SMILES string of the molecule is c1ccc(-c2ccccc2-c2ccccc2-c2ccccc2N(c2ccc(-c3ccc(-c4ccc5c(c4)-c4c(-c6ccccc6-c6ccccc6)cccc4-c4ccc(-c6cccc7ccccc67)cc4N5c4cccc5c4-c4ccccc4C5(c4ccccc4)c4ccccc4)cc3)cc2)c2cccc3c2-c2ccccc2C3(c2ccccc2)c2ccccc2)cc1. The van der Waals surface area contributed by atoms with Gasteiger partial charge in [-0.3, -0.25) is 0 Å². The quantitative estimate of drug-likeness (QED) is 0.0951. The van der Waals surface area contributed by atoms with Crippen LogP contribution < -0.4 is 9.80 Å². The van der Waals surface area contributed by atoms with Crippen LogP contribution in [0.25, 0.3) is 144 Å². The minimum atomic E-state index is -0.643. The van der Waals surface area contributed by atoms with Crippen LogP contribution in [0.15, 0.2) is 510 Å². The van der Waals surface area contributed by atoms with Crippen LogP contribution in [0.1, 0.15) is 44.5 Å². The van der Waals surface area contributed by atoms with Gasteiger partial charge in [-0.25, -0.2) is 0 Å². The van der Waals surface area contributed by atoms with Crippen LogP contribution in [0.3, 0.4) is 0 Å². The Balaban J connectivity index is 0.688. The zero-order valence-electron chi connectivity index (χ0n) is 70.4. The molecule has 21 aromatic rings. The van der Waals surface area contributed by atoms with Crippen molar-refractivity contribution in [1.29, 1.82) is 0 Å². The first-order valence-electron chi connectivity index (χ1n) is 44.4. The Labute approximate surface area is 747 Å². The minimum absolute atomic E-state index is 0.619. The van der Waals surface area contributed by atoms with Gasteiger partial charge in [-0.2, -0.15) is 0 Å². The zero-order chi connectivity index (χ0) is 84.6. The molecule has 0 saturated carbocycles. The fraction of sp³-hybridized carbons (Fsp3) is 0.0159. The van der Waals surface area contributed by atoms with Crippen LogP contribution in [-0.4, -0.2) is 0 Å². The number of hydrogen-bond donors (Lipinski definition) is 0. The first-order valence-corrected chi connectivity index (χ1v) is 44.4. The summed E-state index contributed by atoms with van der Waals surface area (Å²) in [6, 6.07) is 191. The van der Waals surface area contributed by atoms with Crippen molar-refractivity contribution in [2.24, 2.45) is 0 Å². The van der Waals surface area contributed by atoms with Crippen molar-refractivity contribution in [2.45, 2.75) is 10.8 Å². The number of nitrogens with zero attached hydrogens (tertiary/aromatic N) is 2. The molecule has 0 atom stereocenters. The molecule has 0 radical (unpaired) electrons. The number of hydrogen-bond acceptors (Lipinski definition) is 2. The summed E-state index contributed by atoms with van der Waals surface area (Å²) >= 11 is 0. The Morgan fingerprint density at radius 1 is 0.164 bits per heavy atom. The average molecular weight is 1630 g/mol. The van der Waals surface area contributed by atoms with Crippen molar-refractivity contribution < 1.29 is 0 Å². The van der Waals surface area contributed by atoms with Crippen molar-refractivity contribution >= 4 is 44.9 Å². The highest BCUT2D eigenvalue weighted by atomic mass is 15.2. The van der Waals surface area contributed by atoms with E-state index in [1.54, 1.807) is 0 Å². The van der Waals surface area contributed by atoms with Gasteiger partial charge in [-0.1, -0.05) is 461 Å². The molecule has 128 heavy (non-hydrogen) atoms. The van der Waals surface area contributed by atoms with E-state index in [0.717, 1.165) is 101 Å². The molecule has 21 aromatic carbocycles. The summed E-state index contributed by atoms with van der Waals surface area (Å²) in [6.07, 6.45) is 0. The van der Waals surface area contributed by atoms with Crippen LogP contribution in [0.2, 0.25) is 0 Å². The summed E-state index contributed by atoms with van der Waals surface area (Å²) in [5.74, 6) is 0. The van der Waals surface area contributed by atoms with Gasteiger partial charge in [0.1, 0.15) is 0 Å². The molecule has 0 bridgehead atoms. The van der Waals surface area contributed by atoms with Gasteiger partial charge >= 0.3 is 0 Å². The van der Waals surface area contributed by atoms with E-state index in [9.17, 15) is 0 Å². The number of benzene rings is 21. The van der Waals surface area contributed by atoms with Crippen molar-refractivity contribution in [2.75, 3.05) is 9.80 Å². The normalized spacial score (nSPS) is 12.8. The summed E-state index contributed by atoms with van der Waals surface area (Å²) in [7, 11) is 0. The predicted octanol–water partition coefficient (Wildman–Crippen LogP) is 33.5. The maximum absolute atomic E-state index is 2.64. The third-order valence-corrected chi connectivity index (χ3v) is 27.2. The van der Waals surface area contributed by atoms with Gasteiger partial charge in [-0.15, -0.1) is 0 Å². The molecule has 3 aliphatic rings. The molecule has 0 spiro atoms. The molecule has 24 rings (SSSR count). The van der Waals surface area contributed by atoms with Crippen LogP contribution in [-0.2, 0) is 10.8 Å². The summed E-state index contributed by atoms with van der Waals surface area (Å²) in [6.45, 7) is 0. The second-order valence-electron chi connectivity index (χ2n) is 33.9. The third-order valence-electron chi connectivity index (χ3n) is 27.2. The molecule has 0 aromatic heterocycles. The first-order chi connectivity index (χ1) is 63.6. The smallest absolute Gasteiger partial charge is 0.0714 e. The van der Waals surface area contributed by atoms with Gasteiger partial charge in [0.2, 0.25) is 0 Å². The lowest BCUT2D eigenvalue weighted by Crippen LogP contribution is -2.28. The lowest BCUT2D eigenvalue weighted by molar-refractivity contribution is 0.768. The summed E-state index contributed by atoms with van der Waals surface area (Å²) in [5, 5.41) is 2.42. The Morgan fingerprint density at radius 2 is 0.523 bits per heavy atom. The van der Waals surface area contributed by atoms with E-state index in [0.29, 0.717) is 0 Å². The van der Waals surface area contributed by atoms with Gasteiger partial charge in [0.15, 0.2) is 0 Å². The fourth-order valence-corrected chi connectivity index (χ4v) is 21.8. The first kappa shape index (κ1) is 75.2. The summed E-state index contributed by atoms with van der Waals surface area (Å²) in [5.41, 5.74) is 43.0. The molecule has 1 aliphatic heterocycles. The van der Waals surface area contributed by atoms with Crippen LogP contribution in [0.5, 0.6) is 0 Å². The van der Waals surface area contributed by atoms with Crippen LogP contribution in [0, 0.1) is 0 Å². The monoisotopic (exact) mass is 1620 g/mol. The van der Waals surface area contributed by atoms with E-state index in [4.69, 9.17) is 0 Å². The standard InChI is InChI=1S/C126H84N2/c1-7-37-88(38-8-1)99-52-21-23-54-102(99)104-56-25-26-57-105(104)106-58-29-32-68-117(106)127(119-69-35-66-115-123(119)110-59-27-30-64-113(110)125(115,93-43-11-3-12-44-93)94-45-13-4-14-46-94)97-79-75-86(76-80-97)85-71-73-87(74-72-85)91-78-82-118-112(83-91)122-108(103-55-24-22-53-100(103)89-39-9-2-10-40-89)62-34-63-109(122)107-81-77-92(101-61-33-42-90-41-19-20-51-98(90)101)84-121(107)128(118)120-70-36-67-116-124(120)111-60-28-31-65-114(111)126(116,95-47-15-5-16-48-95)96-49-17-6-18-50-96/h1-84H. The Hall–Kier alpha value is -16.5. The Kier molecular flexibility index (Phi) is 18.4. The molecule has 0 N–H and O–H groups in total. The van der Waals surface area contributed by atoms with E-state index < -0.39 is 10.8 Å². The molecule has 0 amide bonds. The molecule has 2 nitrogen and oxygen atoms in total. The van der Waals surface area contributed by atoms with Crippen molar-refractivity contribution in [3.05, 3.63) is 554 Å². The van der Waals surface area contributed by atoms with E-state index in [-0.39, 0.29) is 0 Å². The maximum Gasteiger partial charge on any atom is 0.0714 e. The lowest BCUT2D eigenvalue weighted by Gasteiger charge is -2.34. The largest absolute Gasteiger partial charge is 0.309 e. The van der Waals surface area contributed by atoms with Crippen molar-refractivity contribution in [3.8, 4) is 134 Å². The Morgan fingerprint density at radius 3 is 1.09 bits per heavy atom. The highest BCUT2D eigenvalue weighted by Crippen LogP contribution is 2.65. The predicted molar refractivity (Wildman–Crippen MR) is 536 cm³/mol. The highest BCUT2D eigenvalue weighted by Gasteiger charge is 2.50. The molecular formula is C126H84N2. The maximum atomic E-state index is 2.64. The average Bonchev–Trinajstić information content (AvgIpc) is 1.53. The molecular weight excluding hydrogens is 1540 g/mol. The summed E-state index contributed by atoms with van der Waals surface area (Å²) in [4.78, 5) is 5.18. The van der Waals surface area contributed by atoms with Crippen LogP contribution in [0.4, 0.5) is 34.1 Å². The molecule has 0 saturated heterocycles. The highest BCUT2D eigenvalue weighted by molar-refractivity contribution is 6.13. The lowest BCUT2D eigenvalue weighted by atomic mass is 9.68. The van der Waals surface area contributed by atoms with E-state index >= 15 is 0 Å². The van der Waals surface area contributed by atoms with Gasteiger partial charge in [0, 0.05) is 33.5 Å². The second-order valence-corrected chi connectivity index (χ2v) is 33.9.